The van der Waals surface area contributed by atoms with Gasteiger partial charge in [-0.05, 0) is 31.0 Å². The first-order chi connectivity index (χ1) is 6.69. The first-order valence-electron chi connectivity index (χ1n) is 4.64. The van der Waals surface area contributed by atoms with Crippen molar-refractivity contribution in [2.24, 2.45) is 0 Å². The van der Waals surface area contributed by atoms with Crippen LogP contribution in [0.5, 0.6) is 0 Å². The van der Waals surface area contributed by atoms with Gasteiger partial charge in [-0.2, -0.15) is 0 Å². The van der Waals surface area contributed by atoms with Gasteiger partial charge in [-0.1, -0.05) is 28.9 Å². The van der Waals surface area contributed by atoms with Crippen molar-refractivity contribution < 1.29 is 9.53 Å². The molecular formula is C11H13BrO2. The fourth-order valence-corrected chi connectivity index (χ4v) is 1.83. The third-order valence-electron chi connectivity index (χ3n) is 1.95. The molecule has 0 heterocycles. The standard InChI is InChI=1S/C11H13BrO2/c1-3-8-5-6-9(7-10(8)12)11(13)14-4-2/h5-7H,3-4H2,1-2H3. The van der Waals surface area contributed by atoms with Crippen molar-refractivity contribution in [1.29, 1.82) is 0 Å². The molecule has 2 nitrogen and oxygen atoms in total. The molecule has 1 aromatic carbocycles. The summed E-state index contributed by atoms with van der Waals surface area (Å²) >= 11 is 3.42. The fraction of sp³-hybridized carbons (Fsp3) is 0.364. The van der Waals surface area contributed by atoms with Gasteiger partial charge in [0.05, 0.1) is 12.2 Å². The molecule has 0 amide bonds. The van der Waals surface area contributed by atoms with Gasteiger partial charge in [0.2, 0.25) is 0 Å². The molecular weight excluding hydrogens is 244 g/mol. The lowest BCUT2D eigenvalue weighted by Crippen LogP contribution is -2.04. The minimum atomic E-state index is -0.268. The number of rotatable bonds is 3. The van der Waals surface area contributed by atoms with Gasteiger partial charge >= 0.3 is 5.97 Å². The predicted molar refractivity (Wildman–Crippen MR) is 59.5 cm³/mol. The topological polar surface area (TPSA) is 26.3 Å². The van der Waals surface area contributed by atoms with Crippen LogP contribution in [0.1, 0.15) is 29.8 Å². The highest BCUT2D eigenvalue weighted by Crippen LogP contribution is 2.19. The largest absolute Gasteiger partial charge is 0.462 e. The molecule has 0 atom stereocenters. The molecule has 0 aliphatic carbocycles. The Bertz CT molecular complexity index is 334. The molecule has 0 bridgehead atoms. The van der Waals surface area contributed by atoms with E-state index in [2.05, 4.69) is 22.9 Å². The van der Waals surface area contributed by atoms with Crippen LogP contribution < -0.4 is 0 Å². The van der Waals surface area contributed by atoms with E-state index in [1.165, 1.54) is 5.56 Å². The Hall–Kier alpha value is -0.830. The fourth-order valence-electron chi connectivity index (χ4n) is 1.18. The Morgan fingerprint density at radius 3 is 2.64 bits per heavy atom. The number of carbonyl (C=O) groups excluding carboxylic acids is 1. The Labute approximate surface area is 92.4 Å². The first kappa shape index (κ1) is 11.2. The molecule has 0 aromatic heterocycles. The van der Waals surface area contributed by atoms with Gasteiger partial charge in [0, 0.05) is 4.47 Å². The Morgan fingerprint density at radius 1 is 1.43 bits per heavy atom. The van der Waals surface area contributed by atoms with E-state index in [0.29, 0.717) is 12.2 Å². The summed E-state index contributed by atoms with van der Waals surface area (Å²) in [5.74, 6) is -0.268. The molecule has 0 fully saturated rings. The molecule has 0 spiro atoms. The SMILES string of the molecule is CCOC(=O)c1ccc(CC)c(Br)c1. The molecule has 1 rings (SSSR count). The number of halogens is 1. The second-order valence-corrected chi connectivity index (χ2v) is 3.73. The molecule has 0 unspecified atom stereocenters. The summed E-state index contributed by atoms with van der Waals surface area (Å²) in [6.45, 7) is 4.28. The summed E-state index contributed by atoms with van der Waals surface area (Å²) in [6, 6.07) is 5.54. The number of benzene rings is 1. The molecule has 1 aromatic rings. The van der Waals surface area contributed by atoms with Crippen LogP contribution in [-0.4, -0.2) is 12.6 Å². The number of aryl methyl sites for hydroxylation is 1. The third kappa shape index (κ3) is 2.58. The summed E-state index contributed by atoms with van der Waals surface area (Å²) in [5, 5.41) is 0. The maximum Gasteiger partial charge on any atom is 0.338 e. The number of hydrogen-bond donors (Lipinski definition) is 0. The van der Waals surface area contributed by atoms with Gasteiger partial charge < -0.3 is 4.74 Å². The van der Waals surface area contributed by atoms with Gasteiger partial charge in [-0.15, -0.1) is 0 Å². The summed E-state index contributed by atoms with van der Waals surface area (Å²) in [7, 11) is 0. The molecule has 0 saturated heterocycles. The van der Waals surface area contributed by atoms with Crippen molar-refractivity contribution in [3.63, 3.8) is 0 Å². The lowest BCUT2D eigenvalue weighted by Gasteiger charge is -2.04. The van der Waals surface area contributed by atoms with Gasteiger partial charge in [0.25, 0.3) is 0 Å². The molecule has 14 heavy (non-hydrogen) atoms. The monoisotopic (exact) mass is 256 g/mol. The molecule has 0 saturated carbocycles. The van der Waals surface area contributed by atoms with E-state index in [1.807, 2.05) is 6.07 Å². The lowest BCUT2D eigenvalue weighted by atomic mass is 10.1. The van der Waals surface area contributed by atoms with E-state index < -0.39 is 0 Å². The van der Waals surface area contributed by atoms with Crippen molar-refractivity contribution in [3.8, 4) is 0 Å². The number of ether oxygens (including phenoxy) is 1. The maximum atomic E-state index is 11.4. The number of carbonyl (C=O) groups is 1. The van der Waals surface area contributed by atoms with Gasteiger partial charge in [-0.3, -0.25) is 0 Å². The summed E-state index contributed by atoms with van der Waals surface area (Å²) in [6.07, 6.45) is 0.948. The normalized spacial score (nSPS) is 9.93. The van der Waals surface area contributed by atoms with Crippen LogP contribution in [0.2, 0.25) is 0 Å². The second-order valence-electron chi connectivity index (χ2n) is 2.88. The van der Waals surface area contributed by atoms with Gasteiger partial charge in [0.1, 0.15) is 0 Å². The van der Waals surface area contributed by atoms with E-state index in [1.54, 1.807) is 19.1 Å². The third-order valence-corrected chi connectivity index (χ3v) is 2.68. The first-order valence-corrected chi connectivity index (χ1v) is 5.43. The molecule has 0 aliphatic heterocycles. The highest BCUT2D eigenvalue weighted by atomic mass is 79.9. The van der Waals surface area contributed by atoms with Gasteiger partial charge in [-0.25, -0.2) is 4.79 Å². The Kier molecular flexibility index (Phi) is 4.14. The van der Waals surface area contributed by atoms with Crippen LogP contribution in [0.4, 0.5) is 0 Å². The van der Waals surface area contributed by atoms with Crippen LogP contribution in [0.15, 0.2) is 22.7 Å². The van der Waals surface area contributed by atoms with E-state index in [-0.39, 0.29) is 5.97 Å². The molecule has 3 heteroatoms. The van der Waals surface area contributed by atoms with E-state index >= 15 is 0 Å². The van der Waals surface area contributed by atoms with Crippen LogP contribution in [0.3, 0.4) is 0 Å². The average molecular weight is 257 g/mol. The van der Waals surface area contributed by atoms with Crippen LogP contribution in [-0.2, 0) is 11.2 Å². The number of esters is 1. The van der Waals surface area contributed by atoms with Crippen LogP contribution in [0.25, 0.3) is 0 Å². The summed E-state index contributed by atoms with van der Waals surface area (Å²) in [4.78, 5) is 11.4. The van der Waals surface area contributed by atoms with Crippen molar-refractivity contribution in [2.75, 3.05) is 6.61 Å². The van der Waals surface area contributed by atoms with Crippen molar-refractivity contribution >= 4 is 21.9 Å². The van der Waals surface area contributed by atoms with Crippen molar-refractivity contribution in [1.82, 2.24) is 0 Å². The molecule has 76 valence electrons. The average Bonchev–Trinajstić information content (AvgIpc) is 2.18. The van der Waals surface area contributed by atoms with Crippen molar-refractivity contribution in [3.05, 3.63) is 33.8 Å². The minimum Gasteiger partial charge on any atom is -0.462 e. The summed E-state index contributed by atoms with van der Waals surface area (Å²) in [5.41, 5.74) is 1.79. The second kappa shape index (κ2) is 5.15. The molecule has 0 N–H and O–H groups in total. The molecule has 0 aliphatic rings. The molecule has 0 radical (unpaired) electrons. The lowest BCUT2D eigenvalue weighted by molar-refractivity contribution is 0.0526. The van der Waals surface area contributed by atoms with E-state index in [0.717, 1.165) is 10.9 Å². The maximum absolute atomic E-state index is 11.4. The smallest absolute Gasteiger partial charge is 0.338 e. The van der Waals surface area contributed by atoms with Crippen LogP contribution in [0, 0.1) is 0 Å². The minimum absolute atomic E-state index is 0.268. The highest BCUT2D eigenvalue weighted by molar-refractivity contribution is 9.10. The predicted octanol–water partition coefficient (Wildman–Crippen LogP) is 3.19. The van der Waals surface area contributed by atoms with Crippen molar-refractivity contribution in [2.45, 2.75) is 20.3 Å². The Morgan fingerprint density at radius 2 is 2.14 bits per heavy atom. The zero-order valence-electron chi connectivity index (χ0n) is 8.34. The van der Waals surface area contributed by atoms with Crippen LogP contribution >= 0.6 is 15.9 Å². The van der Waals surface area contributed by atoms with E-state index in [9.17, 15) is 4.79 Å². The zero-order chi connectivity index (χ0) is 10.6. The van der Waals surface area contributed by atoms with E-state index in [4.69, 9.17) is 4.74 Å². The highest BCUT2D eigenvalue weighted by Gasteiger charge is 2.07. The quantitative estimate of drug-likeness (QED) is 0.777. The summed E-state index contributed by atoms with van der Waals surface area (Å²) < 4.78 is 5.86. The Balaban J connectivity index is 2.91. The van der Waals surface area contributed by atoms with Gasteiger partial charge in [0.15, 0.2) is 0 Å². The number of hydrogen-bond acceptors (Lipinski definition) is 2. The zero-order valence-corrected chi connectivity index (χ0v) is 9.93.